The number of nitrogens with zero attached hydrogens (tertiary/aromatic N) is 5. The highest BCUT2D eigenvalue weighted by atomic mass is 19.1. The first kappa shape index (κ1) is 33.9. The van der Waals surface area contributed by atoms with Gasteiger partial charge in [0.1, 0.15) is 5.82 Å². The molecule has 0 saturated carbocycles. The molecule has 248 valence electrons. The second kappa shape index (κ2) is 13.3. The van der Waals surface area contributed by atoms with Crippen molar-refractivity contribution in [1.29, 1.82) is 0 Å². The van der Waals surface area contributed by atoms with E-state index in [1.165, 1.54) is 29.1 Å². The van der Waals surface area contributed by atoms with Crippen LogP contribution in [0.5, 0.6) is 0 Å². The van der Waals surface area contributed by atoms with Crippen LogP contribution in [0.15, 0.2) is 83.2 Å². The van der Waals surface area contributed by atoms with Gasteiger partial charge in [0.05, 0.1) is 29.6 Å². The molecular weight excluding hydrogens is 613 g/mol. The highest BCUT2D eigenvalue weighted by molar-refractivity contribution is 5.99. The number of benzene rings is 3. The Hall–Kier alpha value is -5.46. The van der Waals surface area contributed by atoms with Crippen molar-refractivity contribution in [2.45, 2.75) is 39.3 Å². The Bertz CT molecular complexity index is 2180. The van der Waals surface area contributed by atoms with Gasteiger partial charge in [0.25, 0.3) is 11.1 Å². The zero-order valence-corrected chi connectivity index (χ0v) is 27.8. The van der Waals surface area contributed by atoms with Gasteiger partial charge >= 0.3 is 0 Å². The lowest BCUT2D eigenvalue weighted by molar-refractivity contribution is -0.111. The summed E-state index contributed by atoms with van der Waals surface area (Å²) in [7, 11) is 5.39. The van der Waals surface area contributed by atoms with Crippen molar-refractivity contribution in [3.8, 4) is 16.9 Å². The molecule has 3 aromatic carbocycles. The van der Waals surface area contributed by atoms with Gasteiger partial charge in [0.15, 0.2) is 5.82 Å². The maximum atomic E-state index is 15.4. The molecule has 0 fully saturated rings. The van der Waals surface area contributed by atoms with E-state index in [0.717, 1.165) is 15.8 Å². The molecule has 3 N–H and O–H groups in total. The van der Waals surface area contributed by atoms with Crippen LogP contribution in [0, 0.1) is 5.82 Å². The lowest BCUT2D eigenvalue weighted by atomic mass is 9.86. The number of rotatable bonds is 9. The van der Waals surface area contributed by atoms with Gasteiger partial charge in [-0.2, -0.15) is 9.78 Å². The standard InChI is InChI=1S/C36H38FN7O4/c1-8-31(46)40-28-16-24(13-12-21(28)18-42(5)6)39-33-35(48)43(7)19-29(41-33)25-10-9-11-30(26(25)20-45)44-34(47)32-22(17-38-44)14-23(15-27(32)37)36(2,3)4/h8-17,19,45H,1,18,20H2,2-7H3,(H,39,41)(H,40,46). The van der Waals surface area contributed by atoms with Gasteiger partial charge in [-0.15, -0.1) is 0 Å². The van der Waals surface area contributed by atoms with Crippen molar-refractivity contribution in [2.75, 3.05) is 24.7 Å². The number of anilines is 3. The first-order chi connectivity index (χ1) is 22.7. The Kier molecular flexibility index (Phi) is 9.42. The largest absolute Gasteiger partial charge is 0.392 e. The van der Waals surface area contributed by atoms with Crippen LogP contribution in [0.4, 0.5) is 21.6 Å². The van der Waals surface area contributed by atoms with Gasteiger partial charge in [0.2, 0.25) is 5.91 Å². The predicted octanol–water partition coefficient (Wildman–Crippen LogP) is 5.01. The van der Waals surface area contributed by atoms with E-state index in [4.69, 9.17) is 0 Å². The number of carbonyl (C=O) groups is 1. The molecule has 0 unspecified atom stereocenters. The Morgan fingerprint density at radius 3 is 2.52 bits per heavy atom. The number of amides is 1. The predicted molar refractivity (Wildman–Crippen MR) is 186 cm³/mol. The SMILES string of the molecule is C=CC(=O)Nc1cc(Nc2nc(-c3cccc(-n4ncc5cc(C(C)(C)C)cc(F)c5c4=O)c3CO)cn(C)c2=O)ccc1CN(C)C. The third kappa shape index (κ3) is 6.80. The fourth-order valence-electron chi connectivity index (χ4n) is 5.40. The minimum atomic E-state index is -0.676. The Morgan fingerprint density at radius 2 is 1.85 bits per heavy atom. The van der Waals surface area contributed by atoms with E-state index in [1.54, 1.807) is 43.4 Å². The molecular formula is C36H38FN7O4. The lowest BCUT2D eigenvalue weighted by Crippen LogP contribution is -2.24. The number of aliphatic hydroxyl groups is 1. The molecule has 11 nitrogen and oxygen atoms in total. The van der Waals surface area contributed by atoms with Crippen molar-refractivity contribution in [3.63, 3.8) is 0 Å². The number of aryl methyl sites for hydroxylation is 1. The van der Waals surface area contributed by atoms with Crippen molar-refractivity contribution in [3.05, 3.63) is 117 Å². The van der Waals surface area contributed by atoms with E-state index >= 15 is 4.39 Å². The molecule has 0 aliphatic rings. The molecule has 0 atom stereocenters. The monoisotopic (exact) mass is 651 g/mol. The van der Waals surface area contributed by atoms with Crippen molar-refractivity contribution in [1.82, 2.24) is 24.2 Å². The van der Waals surface area contributed by atoms with E-state index < -0.39 is 23.5 Å². The van der Waals surface area contributed by atoms with Crippen LogP contribution in [-0.4, -0.2) is 49.3 Å². The summed E-state index contributed by atoms with van der Waals surface area (Å²) in [4.78, 5) is 45.6. The Labute approximate surface area is 277 Å². The fraction of sp³-hybridized carbons (Fsp3) is 0.250. The summed E-state index contributed by atoms with van der Waals surface area (Å²) >= 11 is 0. The normalized spacial score (nSPS) is 11.6. The van der Waals surface area contributed by atoms with Crippen LogP contribution in [0.3, 0.4) is 0 Å². The number of halogens is 1. The van der Waals surface area contributed by atoms with E-state index in [2.05, 4.69) is 27.3 Å². The second-order valence-corrected chi connectivity index (χ2v) is 12.8. The average molecular weight is 652 g/mol. The van der Waals surface area contributed by atoms with Crippen LogP contribution in [-0.2, 0) is 30.4 Å². The van der Waals surface area contributed by atoms with Crippen LogP contribution >= 0.6 is 0 Å². The van der Waals surface area contributed by atoms with Gasteiger partial charge in [-0.1, -0.05) is 45.5 Å². The molecule has 5 aromatic rings. The minimum absolute atomic E-state index is 0.0108. The maximum absolute atomic E-state index is 15.4. The molecule has 0 spiro atoms. The number of aromatic nitrogens is 4. The highest BCUT2D eigenvalue weighted by Crippen LogP contribution is 2.30. The van der Waals surface area contributed by atoms with Gasteiger partial charge in [-0.3, -0.25) is 14.4 Å². The Balaban J connectivity index is 1.59. The average Bonchev–Trinajstić information content (AvgIpc) is 3.03. The number of carbonyl (C=O) groups excluding carboxylic acids is 1. The van der Waals surface area contributed by atoms with Crippen molar-refractivity contribution < 1.29 is 14.3 Å². The molecule has 0 aliphatic heterocycles. The zero-order valence-electron chi connectivity index (χ0n) is 27.8. The van der Waals surface area contributed by atoms with Gasteiger partial charge in [0, 0.05) is 47.7 Å². The minimum Gasteiger partial charge on any atom is -0.392 e. The molecule has 2 aromatic heterocycles. The summed E-state index contributed by atoms with van der Waals surface area (Å²) < 4.78 is 17.8. The summed E-state index contributed by atoms with van der Waals surface area (Å²) in [5.41, 5.74) is 2.50. The van der Waals surface area contributed by atoms with Crippen LogP contribution in [0.2, 0.25) is 0 Å². The van der Waals surface area contributed by atoms with Crippen molar-refractivity contribution in [2.24, 2.45) is 7.05 Å². The smallest absolute Gasteiger partial charge is 0.293 e. The zero-order chi connectivity index (χ0) is 34.9. The molecule has 12 heteroatoms. The Morgan fingerprint density at radius 1 is 1.10 bits per heavy atom. The topological polar surface area (TPSA) is 134 Å². The fourth-order valence-corrected chi connectivity index (χ4v) is 5.40. The molecule has 0 radical (unpaired) electrons. The molecule has 2 heterocycles. The lowest BCUT2D eigenvalue weighted by Gasteiger charge is -2.20. The van der Waals surface area contributed by atoms with Gasteiger partial charge in [-0.25, -0.2) is 9.37 Å². The summed E-state index contributed by atoms with van der Waals surface area (Å²) in [5.74, 6) is -1.04. The first-order valence-corrected chi connectivity index (χ1v) is 15.2. The van der Waals surface area contributed by atoms with Gasteiger partial charge in [-0.05, 0) is 67.0 Å². The summed E-state index contributed by atoms with van der Waals surface area (Å²) in [6.45, 7) is 9.45. The van der Waals surface area contributed by atoms with E-state index in [-0.39, 0.29) is 28.2 Å². The number of aliphatic hydroxyl groups excluding tert-OH is 1. The van der Waals surface area contributed by atoms with E-state index in [1.807, 2.05) is 45.8 Å². The quantitative estimate of drug-likeness (QED) is 0.190. The van der Waals surface area contributed by atoms with Crippen LogP contribution < -0.4 is 21.8 Å². The highest BCUT2D eigenvalue weighted by Gasteiger charge is 2.21. The van der Waals surface area contributed by atoms with Crippen LogP contribution in [0.25, 0.3) is 27.7 Å². The maximum Gasteiger partial charge on any atom is 0.293 e. The van der Waals surface area contributed by atoms with Gasteiger partial charge < -0.3 is 25.2 Å². The molecule has 0 bridgehead atoms. The number of fused-ring (bicyclic) bond motifs is 1. The number of hydrogen-bond donors (Lipinski definition) is 3. The number of nitrogens with one attached hydrogen (secondary N) is 2. The molecule has 5 rings (SSSR count). The van der Waals surface area contributed by atoms with Crippen molar-refractivity contribution >= 4 is 33.9 Å². The summed E-state index contributed by atoms with van der Waals surface area (Å²) in [6.07, 6.45) is 4.13. The molecule has 1 amide bonds. The number of hydrogen-bond acceptors (Lipinski definition) is 8. The third-order valence-corrected chi connectivity index (χ3v) is 7.89. The molecule has 48 heavy (non-hydrogen) atoms. The second-order valence-electron chi connectivity index (χ2n) is 12.8. The van der Waals surface area contributed by atoms with Crippen LogP contribution in [0.1, 0.15) is 37.5 Å². The summed E-state index contributed by atoms with van der Waals surface area (Å²) in [5, 5.41) is 21.1. The third-order valence-electron chi connectivity index (χ3n) is 7.89. The molecule has 0 aliphatic carbocycles. The van der Waals surface area contributed by atoms with E-state index in [0.29, 0.717) is 40.1 Å². The van der Waals surface area contributed by atoms with E-state index in [9.17, 15) is 19.5 Å². The first-order valence-electron chi connectivity index (χ1n) is 15.2. The summed E-state index contributed by atoms with van der Waals surface area (Å²) in [6, 6.07) is 13.4. The molecule has 0 saturated heterocycles.